The predicted molar refractivity (Wildman–Crippen MR) is 119 cm³/mol. The molecule has 1 N–H and O–H groups in total. The van der Waals surface area contributed by atoms with Crippen molar-refractivity contribution in [2.75, 3.05) is 20.3 Å². The van der Waals surface area contributed by atoms with Crippen LogP contribution < -0.4 is 0 Å². The Morgan fingerprint density at radius 1 is 0.800 bits per heavy atom. The number of esters is 1. The molecule has 0 aliphatic heterocycles. The second-order valence-corrected chi connectivity index (χ2v) is 7.69. The second-order valence-electron chi connectivity index (χ2n) is 7.69. The van der Waals surface area contributed by atoms with Crippen LogP contribution in [-0.4, -0.2) is 43.7 Å². The van der Waals surface area contributed by atoms with Crippen LogP contribution in [-0.2, 0) is 23.8 Å². The van der Waals surface area contributed by atoms with Crippen LogP contribution in [0.2, 0.25) is 0 Å². The van der Waals surface area contributed by atoms with Crippen LogP contribution in [0.5, 0.6) is 0 Å². The van der Waals surface area contributed by atoms with Crippen molar-refractivity contribution in [3.63, 3.8) is 0 Å². The number of unbranched alkanes of at least 4 members (excludes halogenated alkanes) is 10. The quantitative estimate of drug-likeness (QED) is 0.0981. The molecule has 0 aliphatic carbocycles. The third kappa shape index (κ3) is 21.3. The second kappa shape index (κ2) is 22.3. The first-order chi connectivity index (χ1) is 14.6. The Morgan fingerprint density at radius 2 is 1.33 bits per heavy atom. The number of aliphatic carboxylic acids is 1. The maximum atomic E-state index is 11.1. The lowest BCUT2D eigenvalue weighted by Crippen LogP contribution is -2.17. The third-order valence-corrected chi connectivity index (χ3v) is 4.87. The van der Waals surface area contributed by atoms with Crippen molar-refractivity contribution in [2.24, 2.45) is 0 Å². The summed E-state index contributed by atoms with van der Waals surface area (Å²) in [6, 6.07) is 0. The Morgan fingerprint density at radius 3 is 1.87 bits per heavy atom. The number of allylic oxidation sites excluding steroid dienone is 1. The van der Waals surface area contributed by atoms with Gasteiger partial charge in [-0.3, -0.25) is 9.59 Å². The molecule has 6 heteroatoms. The summed E-state index contributed by atoms with van der Waals surface area (Å²) >= 11 is 0. The van der Waals surface area contributed by atoms with E-state index in [1.807, 2.05) is 6.08 Å². The number of carbonyl (C=O) groups is 2. The molecule has 0 bridgehead atoms. The zero-order valence-electron chi connectivity index (χ0n) is 19.2. The molecule has 0 aliphatic rings. The fourth-order valence-electron chi connectivity index (χ4n) is 3.06. The molecule has 1 unspecified atom stereocenters. The molecule has 176 valence electrons. The lowest BCUT2D eigenvalue weighted by atomic mass is 10.1. The summed E-state index contributed by atoms with van der Waals surface area (Å²) in [6.07, 6.45) is 19.0. The van der Waals surface area contributed by atoms with Crippen LogP contribution >= 0.6 is 0 Å². The Hall–Kier alpha value is -1.40. The van der Waals surface area contributed by atoms with Gasteiger partial charge < -0.3 is 19.3 Å². The summed E-state index contributed by atoms with van der Waals surface area (Å²) in [5.41, 5.74) is 0. The molecule has 0 heterocycles. The maximum absolute atomic E-state index is 11.1. The maximum Gasteiger partial charge on any atom is 0.305 e. The molecule has 0 radical (unpaired) electrons. The first-order valence-electron chi connectivity index (χ1n) is 11.8. The van der Waals surface area contributed by atoms with Gasteiger partial charge in [-0.15, -0.1) is 0 Å². The molecule has 1 atom stereocenters. The SMILES string of the molecule is CCCCCCCCCCCCC=CC(OCCCC(=O)O)OCCCC(=O)OC. The van der Waals surface area contributed by atoms with Crippen molar-refractivity contribution < 1.29 is 28.9 Å². The molecular formula is C24H44O6. The summed E-state index contributed by atoms with van der Waals surface area (Å²) in [5.74, 6) is -1.08. The molecule has 0 saturated carbocycles. The predicted octanol–water partition coefficient (Wildman–Crippen LogP) is 6.03. The largest absolute Gasteiger partial charge is 0.481 e. The van der Waals surface area contributed by atoms with Crippen molar-refractivity contribution in [1.82, 2.24) is 0 Å². The van der Waals surface area contributed by atoms with Crippen LogP contribution in [0.3, 0.4) is 0 Å². The van der Waals surface area contributed by atoms with E-state index in [4.69, 9.17) is 14.6 Å². The molecule has 0 amide bonds. The summed E-state index contributed by atoms with van der Waals surface area (Å²) in [7, 11) is 1.37. The van der Waals surface area contributed by atoms with Gasteiger partial charge in [-0.1, -0.05) is 70.8 Å². The standard InChI is InChI=1S/C24H44O6/c1-3-4-5-6-7-8-9-10-11-12-13-14-19-24(29-20-15-17-22(25)26)30-21-16-18-23(27)28-2/h14,19,24H,3-13,15-18,20-21H2,1-2H3,(H,25,26). The highest BCUT2D eigenvalue weighted by Gasteiger charge is 2.07. The van der Waals surface area contributed by atoms with Gasteiger partial charge >= 0.3 is 11.9 Å². The average Bonchev–Trinajstić information content (AvgIpc) is 2.73. The highest BCUT2D eigenvalue weighted by molar-refractivity contribution is 5.69. The molecule has 0 aromatic carbocycles. The summed E-state index contributed by atoms with van der Waals surface area (Å²) < 4.78 is 15.9. The minimum Gasteiger partial charge on any atom is -0.481 e. The van der Waals surface area contributed by atoms with Gasteiger partial charge in [-0.25, -0.2) is 0 Å². The van der Waals surface area contributed by atoms with Crippen molar-refractivity contribution in [3.05, 3.63) is 12.2 Å². The number of hydrogen-bond acceptors (Lipinski definition) is 5. The average molecular weight is 429 g/mol. The van der Waals surface area contributed by atoms with Gasteiger partial charge in [0.15, 0.2) is 6.29 Å². The van der Waals surface area contributed by atoms with Crippen molar-refractivity contribution >= 4 is 11.9 Å². The summed E-state index contributed by atoms with van der Waals surface area (Å²) in [5, 5.41) is 8.71. The van der Waals surface area contributed by atoms with Gasteiger partial charge in [-0.2, -0.15) is 0 Å². The Labute approximate surface area is 183 Å². The van der Waals surface area contributed by atoms with Crippen LogP contribution in [0.4, 0.5) is 0 Å². The van der Waals surface area contributed by atoms with Crippen molar-refractivity contribution in [2.45, 2.75) is 110 Å². The van der Waals surface area contributed by atoms with Crippen molar-refractivity contribution in [1.29, 1.82) is 0 Å². The number of hydrogen-bond donors (Lipinski definition) is 1. The minimum absolute atomic E-state index is 0.0807. The molecular weight excluding hydrogens is 384 g/mol. The molecule has 0 aromatic rings. The van der Waals surface area contributed by atoms with E-state index in [-0.39, 0.29) is 12.4 Å². The smallest absolute Gasteiger partial charge is 0.305 e. The lowest BCUT2D eigenvalue weighted by molar-refractivity contribution is -0.142. The number of methoxy groups -OCH3 is 1. The molecule has 0 saturated heterocycles. The third-order valence-electron chi connectivity index (χ3n) is 4.87. The molecule has 0 rings (SSSR count). The van der Waals surface area contributed by atoms with Crippen LogP contribution in [0, 0.1) is 0 Å². The first-order valence-corrected chi connectivity index (χ1v) is 11.8. The molecule has 30 heavy (non-hydrogen) atoms. The fourth-order valence-corrected chi connectivity index (χ4v) is 3.06. The van der Waals surface area contributed by atoms with E-state index in [9.17, 15) is 9.59 Å². The van der Waals surface area contributed by atoms with E-state index in [0.717, 1.165) is 12.8 Å². The van der Waals surface area contributed by atoms with Gasteiger partial charge in [0.25, 0.3) is 0 Å². The minimum atomic E-state index is -0.828. The van der Waals surface area contributed by atoms with Crippen molar-refractivity contribution in [3.8, 4) is 0 Å². The van der Waals surface area contributed by atoms with Crippen LogP contribution in [0.1, 0.15) is 103 Å². The van der Waals surface area contributed by atoms with Gasteiger partial charge in [0.2, 0.25) is 0 Å². The van der Waals surface area contributed by atoms with Gasteiger partial charge in [-0.05, 0) is 31.8 Å². The van der Waals surface area contributed by atoms with E-state index >= 15 is 0 Å². The topological polar surface area (TPSA) is 82.1 Å². The number of carbonyl (C=O) groups excluding carboxylic acids is 1. The number of carboxylic acids is 1. The lowest BCUT2D eigenvalue weighted by Gasteiger charge is -2.15. The monoisotopic (exact) mass is 428 g/mol. The number of carboxylic acid groups (broad SMARTS) is 1. The molecule has 6 nitrogen and oxygen atoms in total. The summed E-state index contributed by atoms with van der Waals surface area (Å²) in [4.78, 5) is 21.7. The van der Waals surface area contributed by atoms with E-state index in [1.165, 1.54) is 64.9 Å². The Bertz CT molecular complexity index is 435. The van der Waals surface area contributed by atoms with E-state index in [0.29, 0.717) is 32.5 Å². The van der Waals surface area contributed by atoms with Gasteiger partial charge in [0.05, 0.1) is 20.3 Å². The summed E-state index contributed by atoms with van der Waals surface area (Å²) in [6.45, 7) is 2.97. The highest BCUT2D eigenvalue weighted by atomic mass is 16.7. The van der Waals surface area contributed by atoms with E-state index in [2.05, 4.69) is 17.7 Å². The van der Waals surface area contributed by atoms with Crippen LogP contribution in [0.15, 0.2) is 12.2 Å². The number of rotatable bonds is 22. The molecule has 0 spiro atoms. The number of ether oxygens (including phenoxy) is 3. The normalized spacial score (nSPS) is 12.3. The zero-order valence-corrected chi connectivity index (χ0v) is 19.2. The van der Waals surface area contributed by atoms with Gasteiger partial charge in [0.1, 0.15) is 0 Å². The fraction of sp³-hybridized carbons (Fsp3) is 0.833. The van der Waals surface area contributed by atoms with Gasteiger partial charge in [0, 0.05) is 12.8 Å². The Balaban J connectivity index is 3.90. The molecule has 0 fully saturated rings. The first kappa shape index (κ1) is 28.6. The van der Waals surface area contributed by atoms with E-state index < -0.39 is 12.3 Å². The Kier molecular flexibility index (Phi) is 21.2. The zero-order chi connectivity index (χ0) is 22.3. The van der Waals surface area contributed by atoms with E-state index in [1.54, 1.807) is 0 Å². The van der Waals surface area contributed by atoms with Crippen LogP contribution in [0.25, 0.3) is 0 Å². The highest BCUT2D eigenvalue weighted by Crippen LogP contribution is 2.12. The molecule has 0 aromatic heterocycles.